The fourth-order valence-corrected chi connectivity index (χ4v) is 3.76. The van der Waals surface area contributed by atoms with Crippen LogP contribution in [0.2, 0.25) is 0 Å². The average molecular weight is 252 g/mol. The lowest BCUT2D eigenvalue weighted by molar-refractivity contribution is 1.09. The SMILES string of the molecule is CC1=C(c2ccccc2)SC(C)c2ccccc21. The quantitative estimate of drug-likeness (QED) is 0.656. The van der Waals surface area contributed by atoms with Gasteiger partial charge in [-0.1, -0.05) is 54.6 Å². The average Bonchev–Trinajstić information content (AvgIpc) is 2.44. The van der Waals surface area contributed by atoms with Crippen LogP contribution in [0.25, 0.3) is 10.5 Å². The van der Waals surface area contributed by atoms with Crippen molar-refractivity contribution in [3.05, 3.63) is 71.3 Å². The van der Waals surface area contributed by atoms with Crippen LogP contribution in [0.3, 0.4) is 0 Å². The molecule has 0 radical (unpaired) electrons. The highest BCUT2D eigenvalue weighted by Gasteiger charge is 2.22. The molecule has 0 aromatic heterocycles. The Hall–Kier alpha value is -1.47. The first-order valence-electron chi connectivity index (χ1n) is 6.29. The van der Waals surface area contributed by atoms with Crippen LogP contribution < -0.4 is 0 Å². The third-order valence-corrected chi connectivity index (χ3v) is 4.86. The molecule has 0 bridgehead atoms. The molecule has 0 fully saturated rings. The molecule has 0 nitrogen and oxygen atoms in total. The zero-order chi connectivity index (χ0) is 12.5. The number of hydrogen-bond acceptors (Lipinski definition) is 1. The Morgan fingerprint density at radius 1 is 0.889 bits per heavy atom. The number of benzene rings is 2. The Morgan fingerprint density at radius 2 is 1.56 bits per heavy atom. The second-order valence-corrected chi connectivity index (χ2v) is 6.02. The van der Waals surface area contributed by atoms with E-state index in [1.165, 1.54) is 27.2 Å². The molecule has 1 unspecified atom stereocenters. The first-order valence-corrected chi connectivity index (χ1v) is 7.17. The van der Waals surface area contributed by atoms with Crippen LogP contribution in [0, 0.1) is 0 Å². The normalized spacial score (nSPS) is 18.7. The van der Waals surface area contributed by atoms with E-state index < -0.39 is 0 Å². The van der Waals surface area contributed by atoms with Gasteiger partial charge in [0.05, 0.1) is 0 Å². The summed E-state index contributed by atoms with van der Waals surface area (Å²) in [6.07, 6.45) is 0. The third-order valence-electron chi connectivity index (χ3n) is 3.47. The molecule has 18 heavy (non-hydrogen) atoms. The molecule has 0 spiro atoms. The number of thioether (sulfide) groups is 1. The molecule has 3 rings (SSSR count). The minimum absolute atomic E-state index is 0.528. The van der Waals surface area contributed by atoms with Crippen molar-refractivity contribution in [3.63, 3.8) is 0 Å². The van der Waals surface area contributed by atoms with Crippen molar-refractivity contribution in [1.82, 2.24) is 0 Å². The van der Waals surface area contributed by atoms with E-state index in [1.54, 1.807) is 0 Å². The molecule has 90 valence electrons. The summed E-state index contributed by atoms with van der Waals surface area (Å²) in [6.45, 7) is 4.53. The van der Waals surface area contributed by atoms with Crippen LogP contribution in [0.5, 0.6) is 0 Å². The standard InChI is InChI=1S/C17H16S/c1-12-15-10-6-7-11-16(15)13(2)18-17(12)14-8-4-3-5-9-14/h3-11,13H,1-2H3. The Morgan fingerprint density at radius 3 is 2.33 bits per heavy atom. The van der Waals surface area contributed by atoms with Crippen molar-refractivity contribution in [2.24, 2.45) is 0 Å². The smallest absolute Gasteiger partial charge is 0.0322 e. The van der Waals surface area contributed by atoms with Gasteiger partial charge in [-0.2, -0.15) is 0 Å². The van der Waals surface area contributed by atoms with E-state index in [2.05, 4.69) is 68.4 Å². The van der Waals surface area contributed by atoms with Crippen LogP contribution in [0.1, 0.15) is 35.8 Å². The molecule has 0 aliphatic carbocycles. The summed E-state index contributed by atoms with van der Waals surface area (Å²) < 4.78 is 0. The molecule has 1 heterocycles. The van der Waals surface area contributed by atoms with Gasteiger partial charge >= 0.3 is 0 Å². The summed E-state index contributed by atoms with van der Waals surface area (Å²) in [5.74, 6) is 0. The number of fused-ring (bicyclic) bond motifs is 1. The minimum Gasteiger partial charge on any atom is -0.117 e. The van der Waals surface area contributed by atoms with Gasteiger partial charge in [0, 0.05) is 10.2 Å². The fraction of sp³-hybridized carbons (Fsp3) is 0.176. The van der Waals surface area contributed by atoms with Crippen LogP contribution in [0.15, 0.2) is 54.6 Å². The van der Waals surface area contributed by atoms with Crippen molar-refractivity contribution in [2.75, 3.05) is 0 Å². The lowest BCUT2D eigenvalue weighted by atomic mass is 9.96. The Kier molecular flexibility index (Phi) is 3.00. The molecule has 0 N–H and O–H groups in total. The van der Waals surface area contributed by atoms with E-state index in [-0.39, 0.29) is 0 Å². The van der Waals surface area contributed by atoms with Crippen molar-refractivity contribution < 1.29 is 0 Å². The van der Waals surface area contributed by atoms with Gasteiger partial charge in [-0.05, 0) is 36.1 Å². The molecule has 1 atom stereocenters. The minimum atomic E-state index is 0.528. The van der Waals surface area contributed by atoms with Crippen LogP contribution in [-0.4, -0.2) is 0 Å². The second-order valence-electron chi connectivity index (χ2n) is 4.67. The van der Waals surface area contributed by atoms with Gasteiger partial charge in [-0.15, -0.1) is 11.8 Å². The van der Waals surface area contributed by atoms with Gasteiger partial charge < -0.3 is 0 Å². The molecule has 0 saturated heterocycles. The van der Waals surface area contributed by atoms with E-state index in [0.717, 1.165) is 0 Å². The van der Waals surface area contributed by atoms with E-state index in [1.807, 2.05) is 11.8 Å². The second kappa shape index (κ2) is 4.66. The molecule has 1 aliphatic rings. The lowest BCUT2D eigenvalue weighted by Gasteiger charge is -2.26. The maximum atomic E-state index is 2.29. The van der Waals surface area contributed by atoms with Gasteiger partial charge in [0.2, 0.25) is 0 Å². The predicted octanol–water partition coefficient (Wildman–Crippen LogP) is 5.38. The van der Waals surface area contributed by atoms with Crippen LogP contribution >= 0.6 is 11.8 Å². The number of rotatable bonds is 1. The summed E-state index contributed by atoms with van der Waals surface area (Å²) in [7, 11) is 0. The molecule has 2 aromatic rings. The maximum absolute atomic E-state index is 2.29. The Labute approximate surface area is 113 Å². The molecule has 0 saturated carbocycles. The highest BCUT2D eigenvalue weighted by atomic mass is 32.2. The predicted molar refractivity (Wildman–Crippen MR) is 81.4 cm³/mol. The molecule has 1 heteroatoms. The molecule has 2 aromatic carbocycles. The summed E-state index contributed by atoms with van der Waals surface area (Å²) in [5, 5.41) is 0.528. The molecule has 1 aliphatic heterocycles. The van der Waals surface area contributed by atoms with Gasteiger partial charge in [0.25, 0.3) is 0 Å². The van der Waals surface area contributed by atoms with Gasteiger partial charge in [-0.25, -0.2) is 0 Å². The van der Waals surface area contributed by atoms with Crippen molar-refractivity contribution in [3.8, 4) is 0 Å². The highest BCUT2D eigenvalue weighted by molar-refractivity contribution is 8.08. The van der Waals surface area contributed by atoms with E-state index in [4.69, 9.17) is 0 Å². The zero-order valence-electron chi connectivity index (χ0n) is 10.7. The van der Waals surface area contributed by atoms with Gasteiger partial charge in [-0.3, -0.25) is 0 Å². The summed E-state index contributed by atoms with van der Waals surface area (Å²) in [6, 6.07) is 19.5. The third kappa shape index (κ3) is 1.89. The van der Waals surface area contributed by atoms with Crippen LogP contribution in [-0.2, 0) is 0 Å². The number of hydrogen-bond donors (Lipinski definition) is 0. The monoisotopic (exact) mass is 252 g/mol. The molecular weight excluding hydrogens is 236 g/mol. The maximum Gasteiger partial charge on any atom is 0.0322 e. The first kappa shape index (κ1) is 11.6. The molecular formula is C17H16S. The Balaban J connectivity index is 2.18. The molecule has 0 amide bonds. The highest BCUT2D eigenvalue weighted by Crippen LogP contribution is 2.49. The summed E-state index contributed by atoms with van der Waals surface area (Å²) in [4.78, 5) is 1.42. The fourth-order valence-electron chi connectivity index (χ4n) is 2.52. The summed E-state index contributed by atoms with van der Waals surface area (Å²) >= 11 is 1.97. The van der Waals surface area contributed by atoms with Gasteiger partial charge in [0.15, 0.2) is 0 Å². The zero-order valence-corrected chi connectivity index (χ0v) is 11.5. The van der Waals surface area contributed by atoms with Crippen molar-refractivity contribution in [2.45, 2.75) is 19.1 Å². The van der Waals surface area contributed by atoms with Crippen molar-refractivity contribution >= 4 is 22.2 Å². The van der Waals surface area contributed by atoms with E-state index >= 15 is 0 Å². The topological polar surface area (TPSA) is 0 Å². The Bertz CT molecular complexity index is 596. The van der Waals surface area contributed by atoms with Crippen molar-refractivity contribution in [1.29, 1.82) is 0 Å². The van der Waals surface area contributed by atoms with E-state index in [9.17, 15) is 0 Å². The summed E-state index contributed by atoms with van der Waals surface area (Å²) in [5.41, 5.74) is 5.60. The van der Waals surface area contributed by atoms with E-state index in [0.29, 0.717) is 5.25 Å². The largest absolute Gasteiger partial charge is 0.117 e. The lowest BCUT2D eigenvalue weighted by Crippen LogP contribution is -2.02. The number of allylic oxidation sites excluding steroid dienone is 1. The van der Waals surface area contributed by atoms with Crippen LogP contribution in [0.4, 0.5) is 0 Å². The van der Waals surface area contributed by atoms with Gasteiger partial charge in [0.1, 0.15) is 0 Å². The first-order chi connectivity index (χ1) is 8.77.